The van der Waals surface area contributed by atoms with Crippen molar-refractivity contribution in [1.82, 2.24) is 14.5 Å². The molecular weight excluding hydrogens is 216 g/mol. The van der Waals surface area contributed by atoms with E-state index < -0.39 is 0 Å². The van der Waals surface area contributed by atoms with Crippen molar-refractivity contribution in [3.8, 4) is 0 Å². The molecule has 2 N–H and O–H groups in total. The van der Waals surface area contributed by atoms with Crippen LogP contribution in [0.1, 0.15) is 12.7 Å². The largest absolute Gasteiger partial charge is 0.380 e. The molecule has 0 saturated carbocycles. The molecule has 5 nitrogen and oxygen atoms in total. The number of aromatic nitrogens is 3. The minimum Gasteiger partial charge on any atom is -0.380 e. The van der Waals surface area contributed by atoms with Crippen molar-refractivity contribution in [3.05, 3.63) is 24.3 Å². The topological polar surface area (TPSA) is 66.0 Å². The van der Waals surface area contributed by atoms with Gasteiger partial charge < -0.3 is 15.0 Å². The smallest absolute Gasteiger partial charge is 0.112 e. The van der Waals surface area contributed by atoms with E-state index in [1.807, 2.05) is 6.07 Å². The maximum atomic E-state index is 5.64. The van der Waals surface area contributed by atoms with Gasteiger partial charge in [-0.3, -0.25) is 4.98 Å². The number of hydrogen-bond donors (Lipinski definition) is 1. The Labute approximate surface area is 101 Å². The summed E-state index contributed by atoms with van der Waals surface area (Å²) in [5.41, 5.74) is 7.68. The summed E-state index contributed by atoms with van der Waals surface area (Å²) >= 11 is 0. The summed E-state index contributed by atoms with van der Waals surface area (Å²) in [5.74, 6) is 1.01. The van der Waals surface area contributed by atoms with E-state index in [9.17, 15) is 0 Å². The van der Waals surface area contributed by atoms with Gasteiger partial charge in [0, 0.05) is 32.8 Å². The van der Waals surface area contributed by atoms with E-state index in [0.29, 0.717) is 6.54 Å². The fourth-order valence-electron chi connectivity index (χ4n) is 2.01. The highest BCUT2D eigenvalue weighted by Crippen LogP contribution is 2.16. The van der Waals surface area contributed by atoms with Crippen molar-refractivity contribution >= 4 is 11.0 Å². The van der Waals surface area contributed by atoms with Crippen LogP contribution in [0, 0.1) is 0 Å². The van der Waals surface area contributed by atoms with Gasteiger partial charge in [-0.2, -0.15) is 0 Å². The van der Waals surface area contributed by atoms with E-state index in [1.54, 1.807) is 19.5 Å². The normalized spacial score (nSPS) is 13.1. The molecule has 0 amide bonds. The summed E-state index contributed by atoms with van der Waals surface area (Å²) in [6.45, 7) is 3.49. The van der Waals surface area contributed by atoms with E-state index in [4.69, 9.17) is 10.5 Å². The number of hydrogen-bond acceptors (Lipinski definition) is 4. The van der Waals surface area contributed by atoms with Crippen LogP contribution in [0.4, 0.5) is 0 Å². The lowest BCUT2D eigenvalue weighted by Crippen LogP contribution is -2.26. The first kappa shape index (κ1) is 12.0. The lowest BCUT2D eigenvalue weighted by molar-refractivity contribution is 0.107. The number of imidazole rings is 1. The molecule has 0 radical (unpaired) electrons. The van der Waals surface area contributed by atoms with Crippen LogP contribution >= 0.6 is 0 Å². The molecule has 0 aliphatic rings. The molecule has 0 aliphatic heterocycles. The number of nitrogens with two attached hydrogens (primary N) is 1. The van der Waals surface area contributed by atoms with E-state index in [2.05, 4.69) is 21.5 Å². The Morgan fingerprint density at radius 1 is 1.53 bits per heavy atom. The number of ether oxygens (including phenoxy) is 1. The lowest BCUT2D eigenvalue weighted by Gasteiger charge is -2.13. The Hall–Kier alpha value is -1.46. The first-order valence-electron chi connectivity index (χ1n) is 5.82. The van der Waals surface area contributed by atoms with Crippen molar-refractivity contribution in [2.75, 3.05) is 13.7 Å². The maximum absolute atomic E-state index is 5.64. The molecule has 2 aromatic rings. The summed E-state index contributed by atoms with van der Waals surface area (Å²) in [4.78, 5) is 8.67. The molecule has 17 heavy (non-hydrogen) atoms. The van der Waals surface area contributed by atoms with Gasteiger partial charge in [-0.25, -0.2) is 4.98 Å². The van der Waals surface area contributed by atoms with Crippen molar-refractivity contribution in [2.24, 2.45) is 5.73 Å². The first-order chi connectivity index (χ1) is 8.30. The molecule has 0 saturated heterocycles. The fourth-order valence-corrected chi connectivity index (χ4v) is 2.01. The van der Waals surface area contributed by atoms with Gasteiger partial charge in [0.1, 0.15) is 11.3 Å². The van der Waals surface area contributed by atoms with Crippen LogP contribution in [-0.2, 0) is 17.7 Å². The highest BCUT2D eigenvalue weighted by molar-refractivity contribution is 5.74. The molecule has 1 atom stereocenters. The molecule has 0 fully saturated rings. The minimum absolute atomic E-state index is 0.0186. The van der Waals surface area contributed by atoms with Crippen LogP contribution in [0.25, 0.3) is 11.0 Å². The first-order valence-corrected chi connectivity index (χ1v) is 5.82. The second kappa shape index (κ2) is 5.25. The third-order valence-corrected chi connectivity index (χ3v) is 2.95. The standard InChI is InChI=1S/C12H18N4O/c1-3-16-11-4-5-14-8-10(11)15-12(16)6-9(7-13)17-2/h4-5,8-9H,3,6-7,13H2,1-2H3. The van der Waals surface area contributed by atoms with Gasteiger partial charge in [-0.05, 0) is 13.0 Å². The Kier molecular flexibility index (Phi) is 3.71. The zero-order valence-corrected chi connectivity index (χ0v) is 10.3. The second-order valence-electron chi connectivity index (χ2n) is 3.93. The lowest BCUT2D eigenvalue weighted by atomic mass is 10.2. The molecule has 0 spiro atoms. The third-order valence-electron chi connectivity index (χ3n) is 2.95. The molecule has 92 valence electrons. The Morgan fingerprint density at radius 2 is 2.35 bits per heavy atom. The van der Waals surface area contributed by atoms with Crippen molar-refractivity contribution < 1.29 is 4.74 Å². The van der Waals surface area contributed by atoms with Gasteiger partial charge in [0.05, 0.1) is 17.8 Å². The van der Waals surface area contributed by atoms with Crippen LogP contribution in [0.15, 0.2) is 18.5 Å². The number of nitrogens with zero attached hydrogens (tertiary/aromatic N) is 3. The van der Waals surface area contributed by atoms with Gasteiger partial charge in [0.25, 0.3) is 0 Å². The van der Waals surface area contributed by atoms with Gasteiger partial charge in [0.15, 0.2) is 0 Å². The van der Waals surface area contributed by atoms with Crippen LogP contribution in [-0.4, -0.2) is 34.3 Å². The number of aryl methyl sites for hydroxylation is 1. The van der Waals surface area contributed by atoms with E-state index in [0.717, 1.165) is 29.8 Å². The SMILES string of the molecule is CCn1c(CC(CN)OC)nc2cnccc21. The van der Waals surface area contributed by atoms with Gasteiger partial charge >= 0.3 is 0 Å². The van der Waals surface area contributed by atoms with Crippen LogP contribution in [0.3, 0.4) is 0 Å². The second-order valence-corrected chi connectivity index (χ2v) is 3.93. The predicted molar refractivity (Wildman–Crippen MR) is 66.8 cm³/mol. The van der Waals surface area contributed by atoms with E-state index in [1.165, 1.54) is 0 Å². The molecule has 0 bridgehead atoms. The third kappa shape index (κ3) is 2.30. The molecule has 5 heteroatoms. The predicted octanol–water partition coefficient (Wildman–Crippen LogP) is 0.967. The Bertz CT molecular complexity index is 490. The fraction of sp³-hybridized carbons (Fsp3) is 0.500. The Morgan fingerprint density at radius 3 is 3.00 bits per heavy atom. The maximum Gasteiger partial charge on any atom is 0.112 e. The molecule has 2 rings (SSSR count). The molecular formula is C12H18N4O. The quantitative estimate of drug-likeness (QED) is 0.837. The summed E-state index contributed by atoms with van der Waals surface area (Å²) in [6.07, 6.45) is 4.33. The van der Waals surface area contributed by atoms with Crippen molar-refractivity contribution in [1.29, 1.82) is 0 Å². The molecule has 2 aromatic heterocycles. The number of fused-ring (bicyclic) bond motifs is 1. The zero-order valence-electron chi connectivity index (χ0n) is 10.3. The Balaban J connectivity index is 2.39. The summed E-state index contributed by atoms with van der Waals surface area (Å²) in [6, 6.07) is 1.99. The zero-order chi connectivity index (χ0) is 12.3. The monoisotopic (exact) mass is 234 g/mol. The number of methoxy groups -OCH3 is 1. The molecule has 2 heterocycles. The van der Waals surface area contributed by atoms with Crippen LogP contribution in [0.2, 0.25) is 0 Å². The average molecular weight is 234 g/mol. The van der Waals surface area contributed by atoms with Crippen LogP contribution < -0.4 is 5.73 Å². The summed E-state index contributed by atoms with van der Waals surface area (Å²) in [7, 11) is 1.68. The molecule has 0 aliphatic carbocycles. The van der Waals surface area contributed by atoms with E-state index in [-0.39, 0.29) is 6.10 Å². The molecule has 1 unspecified atom stereocenters. The summed E-state index contributed by atoms with van der Waals surface area (Å²) < 4.78 is 7.48. The van der Waals surface area contributed by atoms with Crippen molar-refractivity contribution in [2.45, 2.75) is 26.0 Å². The number of rotatable bonds is 5. The molecule has 0 aromatic carbocycles. The highest BCUT2D eigenvalue weighted by atomic mass is 16.5. The highest BCUT2D eigenvalue weighted by Gasteiger charge is 2.14. The summed E-state index contributed by atoms with van der Waals surface area (Å²) in [5, 5.41) is 0. The van der Waals surface area contributed by atoms with E-state index >= 15 is 0 Å². The van der Waals surface area contributed by atoms with Gasteiger partial charge in [-0.15, -0.1) is 0 Å². The van der Waals surface area contributed by atoms with Gasteiger partial charge in [-0.1, -0.05) is 0 Å². The van der Waals surface area contributed by atoms with Crippen molar-refractivity contribution in [3.63, 3.8) is 0 Å². The van der Waals surface area contributed by atoms with Gasteiger partial charge in [0.2, 0.25) is 0 Å². The minimum atomic E-state index is 0.0186. The van der Waals surface area contributed by atoms with Crippen LogP contribution in [0.5, 0.6) is 0 Å². The number of pyridine rings is 1. The average Bonchev–Trinajstić information content (AvgIpc) is 2.72.